The van der Waals surface area contributed by atoms with Crippen LogP contribution in [-0.2, 0) is 4.74 Å². The third kappa shape index (κ3) is 4.51. The predicted octanol–water partition coefficient (Wildman–Crippen LogP) is 2.37. The number of likely N-dealkylation sites (tertiary alicyclic amines) is 1. The lowest BCUT2D eigenvalue weighted by Crippen LogP contribution is -2.41. The minimum absolute atomic E-state index is 0.0463. The molecule has 0 spiro atoms. The lowest BCUT2D eigenvalue weighted by Gasteiger charge is -2.27. The highest BCUT2D eigenvalue weighted by atomic mass is 16.5. The Balaban J connectivity index is 1.44. The van der Waals surface area contributed by atoms with Crippen molar-refractivity contribution in [1.82, 2.24) is 14.8 Å². The van der Waals surface area contributed by atoms with Crippen LogP contribution in [0.3, 0.4) is 0 Å². The third-order valence-corrected chi connectivity index (χ3v) is 5.51. The fourth-order valence-electron chi connectivity index (χ4n) is 4.03. The molecule has 1 aromatic carbocycles. The third-order valence-electron chi connectivity index (χ3n) is 5.51. The van der Waals surface area contributed by atoms with E-state index in [4.69, 9.17) is 4.74 Å². The van der Waals surface area contributed by atoms with Crippen molar-refractivity contribution in [2.24, 2.45) is 0 Å². The van der Waals surface area contributed by atoms with E-state index in [1.807, 2.05) is 35.2 Å². The maximum absolute atomic E-state index is 13.0. The van der Waals surface area contributed by atoms with Crippen LogP contribution in [0, 0.1) is 0 Å². The molecule has 1 N–H and O–H groups in total. The first-order valence-corrected chi connectivity index (χ1v) is 10.1. The largest absolute Gasteiger partial charge is 0.375 e. The van der Waals surface area contributed by atoms with Gasteiger partial charge >= 0.3 is 0 Å². The molecule has 2 aliphatic rings. The average Bonchev–Trinajstić information content (AvgIpc) is 3.11. The standard InChI is InChI=1S/C22H27N3O3/c26-21-6-3-5-20(23-21)17-7-9-18(10-8-17)22(27)25-13-4-14-28-19(16-25)15-24-11-1-2-12-24/h3,5-10,19H,1-2,4,11-16H2,(H,23,26). The van der Waals surface area contributed by atoms with Crippen molar-refractivity contribution in [3.8, 4) is 11.3 Å². The number of aromatic nitrogens is 1. The van der Waals surface area contributed by atoms with Crippen LogP contribution in [0.1, 0.15) is 29.6 Å². The Kier molecular flexibility index (Phi) is 5.88. The van der Waals surface area contributed by atoms with Crippen LogP contribution in [0.2, 0.25) is 0 Å². The Morgan fingerprint density at radius 3 is 2.57 bits per heavy atom. The van der Waals surface area contributed by atoms with Gasteiger partial charge in [-0.25, -0.2) is 0 Å². The Labute approximate surface area is 165 Å². The minimum Gasteiger partial charge on any atom is -0.375 e. The molecule has 2 fully saturated rings. The second-order valence-corrected chi connectivity index (χ2v) is 7.61. The molecule has 0 radical (unpaired) electrons. The van der Waals surface area contributed by atoms with Crippen molar-refractivity contribution in [1.29, 1.82) is 0 Å². The van der Waals surface area contributed by atoms with Gasteiger partial charge in [-0.05, 0) is 56.1 Å². The van der Waals surface area contributed by atoms with Gasteiger partial charge in [0.25, 0.3) is 5.91 Å². The van der Waals surface area contributed by atoms with Gasteiger partial charge in [0.15, 0.2) is 0 Å². The fourth-order valence-corrected chi connectivity index (χ4v) is 4.03. The first kappa shape index (κ1) is 18.9. The van der Waals surface area contributed by atoms with Crippen molar-refractivity contribution < 1.29 is 9.53 Å². The van der Waals surface area contributed by atoms with Crippen molar-refractivity contribution in [3.05, 3.63) is 58.4 Å². The molecular formula is C22H27N3O3. The smallest absolute Gasteiger partial charge is 0.253 e. The predicted molar refractivity (Wildman–Crippen MR) is 108 cm³/mol. The normalized spacial score (nSPS) is 20.9. The van der Waals surface area contributed by atoms with Gasteiger partial charge in [0.1, 0.15) is 0 Å². The van der Waals surface area contributed by atoms with Crippen LogP contribution < -0.4 is 5.56 Å². The van der Waals surface area contributed by atoms with E-state index in [0.29, 0.717) is 18.7 Å². The summed E-state index contributed by atoms with van der Waals surface area (Å²) < 4.78 is 6.00. The molecule has 0 aliphatic carbocycles. The van der Waals surface area contributed by atoms with Gasteiger partial charge in [0, 0.05) is 43.6 Å². The number of aromatic amines is 1. The van der Waals surface area contributed by atoms with Gasteiger partial charge in [-0.15, -0.1) is 0 Å². The fraction of sp³-hybridized carbons (Fsp3) is 0.455. The Hall–Kier alpha value is -2.44. The van der Waals surface area contributed by atoms with Gasteiger partial charge in [-0.2, -0.15) is 0 Å². The highest BCUT2D eigenvalue weighted by Crippen LogP contribution is 2.19. The quantitative estimate of drug-likeness (QED) is 0.883. The second-order valence-electron chi connectivity index (χ2n) is 7.61. The van der Waals surface area contributed by atoms with Gasteiger partial charge in [0.05, 0.1) is 6.10 Å². The van der Waals surface area contributed by atoms with E-state index in [1.54, 1.807) is 6.07 Å². The van der Waals surface area contributed by atoms with Gasteiger partial charge in [0.2, 0.25) is 5.56 Å². The highest BCUT2D eigenvalue weighted by Gasteiger charge is 2.26. The number of H-pyrrole nitrogens is 1. The molecule has 1 aromatic heterocycles. The Morgan fingerprint density at radius 2 is 1.82 bits per heavy atom. The molecule has 28 heavy (non-hydrogen) atoms. The summed E-state index contributed by atoms with van der Waals surface area (Å²) in [5.41, 5.74) is 2.18. The number of ether oxygens (including phenoxy) is 1. The van der Waals surface area contributed by atoms with Crippen LogP contribution in [0.5, 0.6) is 0 Å². The molecule has 4 rings (SSSR count). The van der Waals surface area contributed by atoms with Crippen molar-refractivity contribution in [2.45, 2.75) is 25.4 Å². The number of hydrogen-bond acceptors (Lipinski definition) is 4. The van der Waals surface area contributed by atoms with E-state index >= 15 is 0 Å². The number of carbonyl (C=O) groups excluding carboxylic acids is 1. The maximum atomic E-state index is 13.0. The van der Waals surface area contributed by atoms with Crippen LogP contribution >= 0.6 is 0 Å². The highest BCUT2D eigenvalue weighted by molar-refractivity contribution is 5.94. The van der Waals surface area contributed by atoms with Gasteiger partial charge in [-0.3, -0.25) is 9.59 Å². The summed E-state index contributed by atoms with van der Waals surface area (Å²) in [4.78, 5) is 31.7. The molecule has 0 bridgehead atoms. The van der Waals surface area contributed by atoms with E-state index in [2.05, 4.69) is 9.88 Å². The zero-order chi connectivity index (χ0) is 19.3. The zero-order valence-electron chi connectivity index (χ0n) is 16.1. The molecule has 2 aliphatic heterocycles. The number of pyridine rings is 1. The average molecular weight is 381 g/mol. The molecule has 1 atom stereocenters. The zero-order valence-corrected chi connectivity index (χ0v) is 16.1. The van der Waals surface area contributed by atoms with E-state index in [9.17, 15) is 9.59 Å². The lowest BCUT2D eigenvalue weighted by molar-refractivity contribution is 0.0297. The lowest BCUT2D eigenvalue weighted by atomic mass is 10.1. The molecule has 6 heteroatoms. The van der Waals surface area contributed by atoms with Crippen molar-refractivity contribution in [2.75, 3.05) is 39.3 Å². The van der Waals surface area contributed by atoms with Crippen molar-refractivity contribution in [3.63, 3.8) is 0 Å². The maximum Gasteiger partial charge on any atom is 0.253 e. The molecule has 1 amide bonds. The molecule has 0 saturated carbocycles. The van der Waals surface area contributed by atoms with E-state index in [-0.39, 0.29) is 17.6 Å². The molecular weight excluding hydrogens is 354 g/mol. The summed E-state index contributed by atoms with van der Waals surface area (Å²) in [5, 5.41) is 0. The Bertz CT molecular complexity index is 856. The minimum atomic E-state index is -0.133. The summed E-state index contributed by atoms with van der Waals surface area (Å²) in [6.45, 7) is 5.26. The monoisotopic (exact) mass is 381 g/mol. The van der Waals surface area contributed by atoms with E-state index in [1.165, 1.54) is 18.9 Å². The van der Waals surface area contributed by atoms with Gasteiger partial charge in [-0.1, -0.05) is 18.2 Å². The van der Waals surface area contributed by atoms with E-state index in [0.717, 1.165) is 43.9 Å². The first-order valence-electron chi connectivity index (χ1n) is 10.1. The number of amides is 1. The van der Waals surface area contributed by atoms with Crippen LogP contribution in [0.25, 0.3) is 11.3 Å². The molecule has 3 heterocycles. The van der Waals surface area contributed by atoms with Crippen LogP contribution in [0.4, 0.5) is 0 Å². The first-order chi connectivity index (χ1) is 13.7. The summed E-state index contributed by atoms with van der Waals surface area (Å²) in [6.07, 6.45) is 3.46. The summed E-state index contributed by atoms with van der Waals surface area (Å²) in [6, 6.07) is 12.5. The molecule has 6 nitrogen and oxygen atoms in total. The number of carbonyl (C=O) groups is 1. The van der Waals surface area contributed by atoms with Crippen LogP contribution in [0.15, 0.2) is 47.3 Å². The number of nitrogens with zero attached hydrogens (tertiary/aromatic N) is 2. The summed E-state index contributed by atoms with van der Waals surface area (Å²) in [5.74, 6) is 0.0463. The van der Waals surface area contributed by atoms with E-state index < -0.39 is 0 Å². The molecule has 2 aromatic rings. The Morgan fingerprint density at radius 1 is 1.04 bits per heavy atom. The number of benzene rings is 1. The molecule has 2 saturated heterocycles. The topological polar surface area (TPSA) is 65.6 Å². The van der Waals surface area contributed by atoms with Crippen LogP contribution in [-0.4, -0.2) is 66.1 Å². The summed E-state index contributed by atoms with van der Waals surface area (Å²) >= 11 is 0. The molecule has 1 unspecified atom stereocenters. The SMILES string of the molecule is O=C(c1ccc(-c2cccc(=O)[nH]2)cc1)N1CCCOC(CN2CCCC2)C1. The number of hydrogen-bond donors (Lipinski definition) is 1. The van der Waals surface area contributed by atoms with Crippen molar-refractivity contribution >= 4 is 5.91 Å². The second kappa shape index (κ2) is 8.71. The van der Waals surface area contributed by atoms with Gasteiger partial charge < -0.3 is 19.5 Å². The summed E-state index contributed by atoms with van der Waals surface area (Å²) in [7, 11) is 0. The number of nitrogens with one attached hydrogen (secondary N) is 1. The number of rotatable bonds is 4. The molecule has 148 valence electrons.